The van der Waals surface area contributed by atoms with Crippen LogP contribution in [0.5, 0.6) is 0 Å². The molecule has 176 valence electrons. The van der Waals surface area contributed by atoms with Crippen LogP contribution in [0.4, 0.5) is 11.5 Å². The van der Waals surface area contributed by atoms with Crippen LogP contribution in [0.25, 0.3) is 0 Å². The SMILES string of the molecule is C#Cc1ccc(NC(=O)c2cc(Cl)ccc2NC(=O)c2ccc(C(=N)N3CCCCC3)cc2)nc1. The molecule has 7 nitrogen and oxygen atoms in total. The van der Waals surface area contributed by atoms with E-state index in [1.54, 1.807) is 48.5 Å². The van der Waals surface area contributed by atoms with E-state index in [-0.39, 0.29) is 11.5 Å². The normalized spacial score (nSPS) is 13.0. The van der Waals surface area contributed by atoms with Gasteiger partial charge >= 0.3 is 0 Å². The third-order valence-electron chi connectivity index (χ3n) is 5.74. The Kier molecular flexibility index (Phi) is 7.44. The van der Waals surface area contributed by atoms with Gasteiger partial charge in [-0.3, -0.25) is 15.0 Å². The van der Waals surface area contributed by atoms with Crippen molar-refractivity contribution in [2.45, 2.75) is 19.3 Å². The third-order valence-corrected chi connectivity index (χ3v) is 5.97. The van der Waals surface area contributed by atoms with Gasteiger partial charge in [-0.2, -0.15) is 0 Å². The molecule has 2 aromatic carbocycles. The van der Waals surface area contributed by atoms with Gasteiger partial charge in [-0.15, -0.1) is 6.42 Å². The summed E-state index contributed by atoms with van der Waals surface area (Å²) in [6.45, 7) is 1.76. The van der Waals surface area contributed by atoms with Crippen LogP contribution in [-0.4, -0.2) is 40.6 Å². The molecule has 4 rings (SSSR count). The number of hydrogen-bond donors (Lipinski definition) is 3. The van der Waals surface area contributed by atoms with Gasteiger partial charge in [0.2, 0.25) is 0 Å². The van der Waals surface area contributed by atoms with Crippen LogP contribution < -0.4 is 10.6 Å². The van der Waals surface area contributed by atoms with Crippen LogP contribution in [-0.2, 0) is 0 Å². The Bertz CT molecular complexity index is 1290. The lowest BCUT2D eigenvalue weighted by Gasteiger charge is -2.29. The molecule has 3 N–H and O–H groups in total. The van der Waals surface area contributed by atoms with Crippen molar-refractivity contribution in [3.8, 4) is 12.3 Å². The summed E-state index contributed by atoms with van der Waals surface area (Å²) in [5.41, 5.74) is 2.27. The van der Waals surface area contributed by atoms with E-state index < -0.39 is 5.91 Å². The first-order valence-electron chi connectivity index (χ1n) is 11.2. The molecule has 0 radical (unpaired) electrons. The highest BCUT2D eigenvalue weighted by molar-refractivity contribution is 6.31. The number of benzene rings is 2. The molecule has 0 atom stereocenters. The number of amidine groups is 1. The topological polar surface area (TPSA) is 98.2 Å². The molecule has 1 saturated heterocycles. The number of piperidine rings is 1. The van der Waals surface area contributed by atoms with Crippen molar-refractivity contribution in [3.05, 3.63) is 88.1 Å². The number of amides is 2. The van der Waals surface area contributed by atoms with E-state index in [9.17, 15) is 9.59 Å². The number of nitrogens with one attached hydrogen (secondary N) is 3. The Morgan fingerprint density at radius 3 is 2.31 bits per heavy atom. The van der Waals surface area contributed by atoms with Crippen LogP contribution in [0.2, 0.25) is 5.02 Å². The zero-order chi connectivity index (χ0) is 24.8. The predicted molar refractivity (Wildman–Crippen MR) is 138 cm³/mol. The number of rotatable bonds is 5. The fourth-order valence-electron chi connectivity index (χ4n) is 3.82. The second-order valence-electron chi connectivity index (χ2n) is 8.15. The molecule has 8 heteroatoms. The highest BCUT2D eigenvalue weighted by Gasteiger charge is 2.18. The van der Waals surface area contributed by atoms with Crippen molar-refractivity contribution < 1.29 is 9.59 Å². The minimum atomic E-state index is -0.478. The number of anilines is 2. The van der Waals surface area contributed by atoms with Gasteiger partial charge < -0.3 is 15.5 Å². The van der Waals surface area contributed by atoms with Gasteiger partial charge in [-0.25, -0.2) is 4.98 Å². The Morgan fingerprint density at radius 2 is 1.66 bits per heavy atom. The van der Waals surface area contributed by atoms with E-state index in [4.69, 9.17) is 23.4 Å². The average Bonchev–Trinajstić information content (AvgIpc) is 2.90. The summed E-state index contributed by atoms with van der Waals surface area (Å²) in [6, 6.07) is 14.8. The molecule has 0 unspecified atom stereocenters. The minimum absolute atomic E-state index is 0.192. The van der Waals surface area contributed by atoms with Gasteiger partial charge in [0.1, 0.15) is 11.7 Å². The van der Waals surface area contributed by atoms with Gasteiger partial charge in [-0.05, 0) is 61.7 Å². The molecule has 35 heavy (non-hydrogen) atoms. The highest BCUT2D eigenvalue weighted by Crippen LogP contribution is 2.23. The zero-order valence-electron chi connectivity index (χ0n) is 19.0. The molecule has 1 aromatic heterocycles. The number of halogens is 1. The van der Waals surface area contributed by atoms with Crippen LogP contribution in [0.1, 0.15) is 51.1 Å². The molecule has 0 aliphatic carbocycles. The van der Waals surface area contributed by atoms with E-state index in [1.165, 1.54) is 18.7 Å². The Labute approximate surface area is 209 Å². The Morgan fingerprint density at radius 1 is 0.943 bits per heavy atom. The van der Waals surface area contributed by atoms with Gasteiger partial charge in [0.05, 0.1) is 11.3 Å². The van der Waals surface area contributed by atoms with E-state index in [2.05, 4.69) is 26.4 Å². The number of carbonyl (C=O) groups is 2. The second kappa shape index (κ2) is 10.9. The lowest BCUT2D eigenvalue weighted by molar-refractivity contribution is 0.102. The number of nitrogens with zero attached hydrogens (tertiary/aromatic N) is 2. The van der Waals surface area contributed by atoms with E-state index in [0.717, 1.165) is 31.5 Å². The number of aromatic nitrogens is 1. The van der Waals surface area contributed by atoms with Crippen molar-refractivity contribution in [1.29, 1.82) is 5.41 Å². The number of hydrogen-bond acceptors (Lipinski definition) is 4. The molecule has 0 bridgehead atoms. The van der Waals surface area contributed by atoms with Gasteiger partial charge in [-0.1, -0.05) is 29.7 Å². The van der Waals surface area contributed by atoms with Gasteiger partial charge in [0.25, 0.3) is 11.8 Å². The summed E-state index contributed by atoms with van der Waals surface area (Å²) >= 11 is 6.11. The second-order valence-corrected chi connectivity index (χ2v) is 8.58. The summed E-state index contributed by atoms with van der Waals surface area (Å²) in [6.07, 6.45) is 10.2. The van der Waals surface area contributed by atoms with Crippen molar-refractivity contribution in [1.82, 2.24) is 9.88 Å². The monoisotopic (exact) mass is 485 g/mol. The van der Waals surface area contributed by atoms with Gasteiger partial charge in [0, 0.05) is 41.0 Å². The molecule has 1 fully saturated rings. The lowest BCUT2D eigenvalue weighted by Crippen LogP contribution is -2.35. The predicted octanol–water partition coefficient (Wildman–Crippen LogP) is 5.03. The van der Waals surface area contributed by atoms with E-state index in [0.29, 0.717) is 33.5 Å². The summed E-state index contributed by atoms with van der Waals surface area (Å²) in [4.78, 5) is 32.0. The molecule has 1 aliphatic rings. The van der Waals surface area contributed by atoms with E-state index in [1.807, 2.05) is 0 Å². The maximum atomic E-state index is 12.9. The smallest absolute Gasteiger partial charge is 0.258 e. The van der Waals surface area contributed by atoms with Crippen molar-refractivity contribution >= 4 is 40.8 Å². The van der Waals surface area contributed by atoms with Crippen LogP contribution >= 0.6 is 11.6 Å². The van der Waals surface area contributed by atoms with Crippen molar-refractivity contribution in [3.63, 3.8) is 0 Å². The molecule has 0 spiro atoms. The maximum Gasteiger partial charge on any atom is 0.258 e. The van der Waals surface area contributed by atoms with Crippen LogP contribution in [0, 0.1) is 17.8 Å². The summed E-state index contributed by atoms with van der Waals surface area (Å²) < 4.78 is 0. The van der Waals surface area contributed by atoms with Crippen molar-refractivity contribution in [2.24, 2.45) is 0 Å². The van der Waals surface area contributed by atoms with E-state index >= 15 is 0 Å². The molecule has 3 aromatic rings. The number of likely N-dealkylation sites (tertiary alicyclic amines) is 1. The molecular formula is C27H24ClN5O2. The fourth-order valence-corrected chi connectivity index (χ4v) is 4.00. The first kappa shape index (κ1) is 24.0. The first-order valence-corrected chi connectivity index (χ1v) is 11.6. The zero-order valence-corrected chi connectivity index (χ0v) is 19.7. The average molecular weight is 486 g/mol. The molecule has 0 saturated carbocycles. The third kappa shape index (κ3) is 5.86. The largest absolute Gasteiger partial charge is 0.357 e. The molecular weight excluding hydrogens is 462 g/mol. The number of terminal acetylenes is 1. The minimum Gasteiger partial charge on any atom is -0.357 e. The van der Waals surface area contributed by atoms with Crippen molar-refractivity contribution in [2.75, 3.05) is 23.7 Å². The quantitative estimate of drug-likeness (QED) is 0.268. The summed E-state index contributed by atoms with van der Waals surface area (Å²) in [5, 5.41) is 14.3. The standard InChI is InChI=1S/C27H24ClN5O2/c1-2-18-6-13-24(30-17-18)32-27(35)22-16-21(28)11-12-23(22)31-26(34)20-9-7-19(8-10-20)25(29)33-14-4-3-5-15-33/h1,6-13,16-17,29H,3-5,14-15H2,(H,31,34)(H,30,32,35). The molecule has 2 amide bonds. The van der Waals surface area contributed by atoms with Crippen LogP contribution in [0.15, 0.2) is 60.8 Å². The molecule has 2 heterocycles. The summed E-state index contributed by atoms with van der Waals surface area (Å²) in [7, 11) is 0. The van der Waals surface area contributed by atoms with Gasteiger partial charge in [0.15, 0.2) is 0 Å². The van der Waals surface area contributed by atoms with Crippen LogP contribution in [0.3, 0.4) is 0 Å². The highest BCUT2D eigenvalue weighted by atomic mass is 35.5. The lowest BCUT2D eigenvalue weighted by atomic mass is 10.1. The number of carbonyl (C=O) groups excluding carboxylic acids is 2. The maximum absolute atomic E-state index is 12.9. The Balaban J connectivity index is 1.47. The molecule has 1 aliphatic heterocycles. The fraction of sp³-hybridized carbons (Fsp3) is 0.185. The number of pyridine rings is 1. The first-order chi connectivity index (χ1) is 16.9. The Hall–Kier alpha value is -4.15. The summed E-state index contributed by atoms with van der Waals surface area (Å²) in [5.74, 6) is 2.39.